The Morgan fingerprint density at radius 2 is 1.88 bits per heavy atom. The van der Waals surface area contributed by atoms with Crippen molar-refractivity contribution in [1.82, 2.24) is 9.55 Å². The third-order valence-electron chi connectivity index (χ3n) is 4.72. The second-order valence-electron chi connectivity index (χ2n) is 8.39. The van der Waals surface area contributed by atoms with E-state index in [1.165, 1.54) is 0 Å². The maximum atomic E-state index is 13.4. The number of halogens is 3. The number of aromatic nitrogens is 2. The quantitative estimate of drug-likeness (QED) is 0.184. The van der Waals surface area contributed by atoms with Gasteiger partial charge in [-0.15, -0.1) is 11.3 Å². The second kappa shape index (κ2) is 9.16. The van der Waals surface area contributed by atoms with Crippen molar-refractivity contribution in [2.75, 3.05) is 13.7 Å². The highest BCUT2D eigenvalue weighted by molar-refractivity contribution is 7.14. The molecule has 0 fully saturated rings. The molecular formula is C21H23F3N2O4SSi. The predicted molar refractivity (Wildman–Crippen MR) is 118 cm³/mol. The molecular weight excluding hydrogens is 461 g/mol. The van der Waals surface area contributed by atoms with Crippen molar-refractivity contribution in [2.45, 2.75) is 38.6 Å². The third-order valence-corrected chi connectivity index (χ3v) is 7.52. The highest BCUT2D eigenvalue weighted by Gasteiger charge is 2.40. The molecule has 0 unspecified atom stereocenters. The molecule has 3 aromatic rings. The fourth-order valence-corrected chi connectivity index (χ4v) is 4.67. The molecule has 11 heteroatoms. The van der Waals surface area contributed by atoms with Gasteiger partial charge >= 0.3 is 12.1 Å². The molecule has 0 radical (unpaired) electrons. The Bertz CT molecular complexity index is 1150. The lowest BCUT2D eigenvalue weighted by atomic mass is 10.1. The van der Waals surface area contributed by atoms with Crippen LogP contribution in [-0.2, 0) is 22.4 Å². The smallest absolute Gasteiger partial charge is 0.428 e. The fourth-order valence-electron chi connectivity index (χ4n) is 3.04. The minimum atomic E-state index is -4.84. The number of fused-ring (bicyclic) bond motifs is 1. The Balaban J connectivity index is 1.95. The molecule has 0 saturated carbocycles. The van der Waals surface area contributed by atoms with Crippen LogP contribution in [0.5, 0.6) is 0 Å². The van der Waals surface area contributed by atoms with Crippen LogP contribution >= 0.6 is 11.3 Å². The summed E-state index contributed by atoms with van der Waals surface area (Å²) in [5, 5.41) is 0.134. The van der Waals surface area contributed by atoms with Gasteiger partial charge in [-0.05, 0) is 12.1 Å². The lowest BCUT2D eigenvalue weighted by Gasteiger charge is -2.15. The summed E-state index contributed by atoms with van der Waals surface area (Å²) in [6.45, 7) is 7.50. The van der Waals surface area contributed by atoms with Crippen LogP contribution < -0.4 is 0 Å². The van der Waals surface area contributed by atoms with Gasteiger partial charge in [-0.2, -0.15) is 13.2 Å². The average molecular weight is 485 g/mol. The molecule has 32 heavy (non-hydrogen) atoms. The van der Waals surface area contributed by atoms with Gasteiger partial charge in [0.1, 0.15) is 11.6 Å². The molecule has 2 heterocycles. The Hall–Kier alpha value is -2.50. The second-order valence-corrected chi connectivity index (χ2v) is 15.0. The average Bonchev–Trinajstić information content (AvgIpc) is 3.32. The van der Waals surface area contributed by atoms with Gasteiger partial charge in [0.25, 0.3) is 0 Å². The lowest BCUT2D eigenvalue weighted by Crippen LogP contribution is -2.21. The van der Waals surface area contributed by atoms with Crippen molar-refractivity contribution < 1.29 is 32.2 Å². The number of esters is 1. The number of rotatable bonds is 8. The first-order chi connectivity index (χ1) is 14.9. The molecule has 0 aliphatic carbocycles. The summed E-state index contributed by atoms with van der Waals surface area (Å²) in [7, 11) is -0.304. The number of nitrogens with zero attached hydrogens (tertiary/aromatic N) is 2. The Kier molecular flexibility index (Phi) is 6.91. The number of carbonyl (C=O) groups excluding carboxylic acids is 2. The molecule has 6 nitrogen and oxygen atoms in total. The van der Waals surface area contributed by atoms with Crippen LogP contribution in [0.1, 0.15) is 30.7 Å². The minimum absolute atomic E-state index is 0.133. The minimum Gasteiger partial charge on any atom is -0.464 e. The Labute approximate surface area is 188 Å². The normalized spacial score (nSPS) is 12.3. The molecule has 0 atom stereocenters. The number of hydrogen-bond donors (Lipinski definition) is 0. The van der Waals surface area contributed by atoms with E-state index < -0.39 is 41.6 Å². The van der Waals surface area contributed by atoms with Crippen LogP contribution in [0.25, 0.3) is 10.9 Å². The molecule has 0 amide bonds. The maximum absolute atomic E-state index is 13.4. The number of carbonyl (C=O) groups is 2. The van der Waals surface area contributed by atoms with E-state index >= 15 is 0 Å². The molecule has 2 aromatic heterocycles. The zero-order chi connectivity index (χ0) is 23.7. The van der Waals surface area contributed by atoms with Gasteiger partial charge in [-0.1, -0.05) is 37.8 Å². The highest BCUT2D eigenvalue weighted by atomic mass is 32.1. The molecule has 0 saturated heterocycles. The Morgan fingerprint density at radius 1 is 1.19 bits per heavy atom. The standard InChI is InChI=1S/C21H23F3N2O4SSi/c1-29-20(28)16-18(21(22,23)24)31-19(25-16)17(27)14-11-26(12-30-9-10-32(2,3)4)15-8-6-5-7-13(14)15/h5-8,11H,9-10,12H2,1-4H3. The first kappa shape index (κ1) is 24.1. The number of ketones is 1. The monoisotopic (exact) mass is 484 g/mol. The number of benzene rings is 1. The van der Waals surface area contributed by atoms with Crippen LogP contribution in [0.2, 0.25) is 25.7 Å². The molecule has 172 valence electrons. The van der Waals surface area contributed by atoms with Crippen molar-refractivity contribution >= 4 is 42.1 Å². The number of hydrogen-bond acceptors (Lipinski definition) is 6. The summed E-state index contributed by atoms with van der Waals surface area (Å²) >= 11 is 0.133. The first-order valence-electron chi connectivity index (χ1n) is 9.79. The highest BCUT2D eigenvalue weighted by Crippen LogP contribution is 2.38. The van der Waals surface area contributed by atoms with Crippen molar-refractivity contribution in [3.05, 3.63) is 51.6 Å². The summed E-state index contributed by atoms with van der Waals surface area (Å²) in [5.74, 6) is -1.95. The van der Waals surface area contributed by atoms with E-state index in [1.807, 2.05) is 0 Å². The van der Waals surface area contributed by atoms with Crippen molar-refractivity contribution in [3.8, 4) is 0 Å². The van der Waals surface area contributed by atoms with Crippen molar-refractivity contribution in [2.24, 2.45) is 0 Å². The van der Waals surface area contributed by atoms with E-state index in [0.717, 1.165) is 13.2 Å². The molecule has 3 rings (SSSR count). The summed E-state index contributed by atoms with van der Waals surface area (Å²) in [4.78, 5) is 27.3. The largest absolute Gasteiger partial charge is 0.464 e. The number of para-hydroxylation sites is 1. The van der Waals surface area contributed by atoms with E-state index in [9.17, 15) is 22.8 Å². The van der Waals surface area contributed by atoms with Gasteiger partial charge in [0.15, 0.2) is 10.7 Å². The molecule has 0 aliphatic heterocycles. The molecule has 0 aliphatic rings. The lowest BCUT2D eigenvalue weighted by molar-refractivity contribution is -0.135. The number of ether oxygens (including phenoxy) is 2. The molecule has 0 spiro atoms. The first-order valence-corrected chi connectivity index (χ1v) is 14.3. The van der Waals surface area contributed by atoms with Crippen LogP contribution in [0, 0.1) is 0 Å². The number of alkyl halides is 3. The third kappa shape index (κ3) is 5.27. The van der Waals surface area contributed by atoms with E-state index in [-0.39, 0.29) is 23.6 Å². The summed E-state index contributed by atoms with van der Waals surface area (Å²) < 4.78 is 52.0. The van der Waals surface area contributed by atoms with Crippen molar-refractivity contribution in [3.63, 3.8) is 0 Å². The summed E-state index contributed by atoms with van der Waals surface area (Å²) in [6, 6.07) is 8.03. The van der Waals surface area contributed by atoms with Gasteiger partial charge < -0.3 is 14.0 Å². The maximum Gasteiger partial charge on any atom is 0.428 e. The van der Waals surface area contributed by atoms with Crippen LogP contribution in [0.15, 0.2) is 30.5 Å². The van der Waals surface area contributed by atoms with E-state index in [0.29, 0.717) is 17.5 Å². The topological polar surface area (TPSA) is 70.4 Å². The van der Waals surface area contributed by atoms with E-state index in [2.05, 4.69) is 29.4 Å². The van der Waals surface area contributed by atoms with Gasteiger partial charge in [0.2, 0.25) is 5.78 Å². The van der Waals surface area contributed by atoms with Gasteiger partial charge in [0, 0.05) is 26.3 Å². The van der Waals surface area contributed by atoms with Gasteiger partial charge in [0.05, 0.1) is 18.2 Å². The van der Waals surface area contributed by atoms with Crippen LogP contribution in [-0.4, -0.2) is 43.1 Å². The summed E-state index contributed by atoms with van der Waals surface area (Å²) in [5.41, 5.74) is -0.00954. The fraction of sp³-hybridized carbons (Fsp3) is 0.381. The zero-order valence-electron chi connectivity index (χ0n) is 18.1. The molecule has 1 aromatic carbocycles. The van der Waals surface area contributed by atoms with Crippen molar-refractivity contribution in [1.29, 1.82) is 0 Å². The summed E-state index contributed by atoms with van der Waals surface area (Å²) in [6.07, 6.45) is -3.29. The van der Waals surface area contributed by atoms with E-state index in [1.54, 1.807) is 35.0 Å². The number of thiazole rings is 1. The SMILES string of the molecule is COC(=O)c1nc(C(=O)c2cn(COCC[Si](C)(C)C)c3ccccc23)sc1C(F)(F)F. The number of methoxy groups -OCH3 is 1. The van der Waals surface area contributed by atoms with Gasteiger partial charge in [-0.3, -0.25) is 4.79 Å². The van der Waals surface area contributed by atoms with Crippen LogP contribution in [0.4, 0.5) is 13.2 Å². The Morgan fingerprint density at radius 3 is 2.50 bits per heavy atom. The molecule has 0 N–H and O–H groups in total. The van der Waals surface area contributed by atoms with Crippen LogP contribution in [0.3, 0.4) is 0 Å². The predicted octanol–water partition coefficient (Wildman–Crippen LogP) is 5.45. The molecule has 0 bridgehead atoms. The van der Waals surface area contributed by atoms with Gasteiger partial charge in [-0.25, -0.2) is 9.78 Å². The zero-order valence-corrected chi connectivity index (χ0v) is 19.9. The van der Waals surface area contributed by atoms with E-state index in [4.69, 9.17) is 4.74 Å².